The summed E-state index contributed by atoms with van der Waals surface area (Å²) < 4.78 is 7.65. The smallest absolute Gasteiger partial charge is 0.407 e. The van der Waals surface area contributed by atoms with Crippen molar-refractivity contribution in [3.8, 4) is 11.6 Å². The molecule has 206 valence electrons. The van der Waals surface area contributed by atoms with E-state index in [-0.39, 0.29) is 11.9 Å². The summed E-state index contributed by atoms with van der Waals surface area (Å²) >= 11 is 0. The third kappa shape index (κ3) is 5.59. The van der Waals surface area contributed by atoms with Crippen LogP contribution in [0.25, 0.3) is 16.6 Å². The van der Waals surface area contributed by atoms with Gasteiger partial charge in [0.2, 0.25) is 11.8 Å². The van der Waals surface area contributed by atoms with Crippen molar-refractivity contribution in [2.24, 2.45) is 0 Å². The van der Waals surface area contributed by atoms with Crippen LogP contribution in [0.1, 0.15) is 18.4 Å². The first-order chi connectivity index (χ1) is 19.9. The minimum Gasteiger partial charge on any atom is -0.465 e. The number of hydrogen-bond acceptors (Lipinski definition) is 9. The van der Waals surface area contributed by atoms with E-state index in [1.165, 1.54) is 17.3 Å². The van der Waals surface area contributed by atoms with E-state index in [0.717, 1.165) is 17.7 Å². The van der Waals surface area contributed by atoms with Crippen LogP contribution in [0, 0.1) is 6.92 Å². The number of aryl methyl sites for hydroxylation is 1. The average Bonchev–Trinajstić information content (AvgIpc) is 3.63. The minimum atomic E-state index is -0.980. The number of ether oxygens (including phenoxy) is 1. The average molecular weight is 552 g/mol. The van der Waals surface area contributed by atoms with Crippen molar-refractivity contribution in [1.82, 2.24) is 34.4 Å². The Morgan fingerprint density at radius 2 is 1.95 bits per heavy atom. The molecule has 13 heteroatoms. The van der Waals surface area contributed by atoms with Crippen molar-refractivity contribution >= 4 is 45.7 Å². The van der Waals surface area contributed by atoms with E-state index in [4.69, 9.17) is 4.74 Å². The molecule has 5 aromatic rings. The second-order valence-corrected chi connectivity index (χ2v) is 9.52. The zero-order chi connectivity index (χ0) is 28.3. The van der Waals surface area contributed by atoms with Gasteiger partial charge < -0.3 is 25.4 Å². The van der Waals surface area contributed by atoms with E-state index in [1.54, 1.807) is 47.4 Å². The number of carbonyl (C=O) groups is 2. The van der Waals surface area contributed by atoms with Gasteiger partial charge in [0, 0.05) is 35.4 Å². The normalized spacial score (nSPS) is 15.0. The van der Waals surface area contributed by atoms with Gasteiger partial charge in [0.1, 0.15) is 30.5 Å². The Bertz CT molecular complexity index is 1800. The van der Waals surface area contributed by atoms with Gasteiger partial charge in [-0.05, 0) is 61.7 Å². The van der Waals surface area contributed by atoms with Crippen LogP contribution in [0.5, 0.6) is 11.6 Å². The molecule has 0 bridgehead atoms. The van der Waals surface area contributed by atoms with Crippen LogP contribution in [0.15, 0.2) is 73.6 Å². The largest absolute Gasteiger partial charge is 0.465 e. The maximum absolute atomic E-state index is 12.6. The maximum atomic E-state index is 12.6. The van der Waals surface area contributed by atoms with Gasteiger partial charge in [-0.2, -0.15) is 0 Å². The van der Waals surface area contributed by atoms with Crippen molar-refractivity contribution in [2.75, 3.05) is 17.2 Å². The van der Waals surface area contributed by atoms with E-state index in [9.17, 15) is 14.7 Å². The summed E-state index contributed by atoms with van der Waals surface area (Å²) in [7, 11) is 0. The molecule has 41 heavy (non-hydrogen) atoms. The molecule has 3 aromatic heterocycles. The van der Waals surface area contributed by atoms with Crippen LogP contribution in [-0.4, -0.2) is 64.1 Å². The van der Waals surface area contributed by atoms with Crippen molar-refractivity contribution < 1.29 is 19.4 Å². The van der Waals surface area contributed by atoms with Gasteiger partial charge >= 0.3 is 6.09 Å². The summed E-state index contributed by atoms with van der Waals surface area (Å²) in [5.41, 5.74) is 3.55. The van der Waals surface area contributed by atoms with Crippen LogP contribution in [0.4, 0.5) is 22.0 Å². The second-order valence-electron chi connectivity index (χ2n) is 9.52. The van der Waals surface area contributed by atoms with Gasteiger partial charge in [-0.1, -0.05) is 6.08 Å². The third-order valence-electron chi connectivity index (χ3n) is 6.73. The molecule has 0 saturated carbocycles. The lowest BCUT2D eigenvalue weighted by Crippen LogP contribution is -2.33. The van der Waals surface area contributed by atoms with Crippen LogP contribution in [0.2, 0.25) is 0 Å². The van der Waals surface area contributed by atoms with Gasteiger partial charge in [-0.15, -0.1) is 10.2 Å². The molecule has 1 aliphatic rings. The highest BCUT2D eigenvalue weighted by atomic mass is 16.5. The quantitative estimate of drug-likeness (QED) is 0.245. The summed E-state index contributed by atoms with van der Waals surface area (Å²) in [6, 6.07) is 12.4. The van der Waals surface area contributed by atoms with Crippen LogP contribution in [-0.2, 0) is 4.79 Å². The van der Waals surface area contributed by atoms with Gasteiger partial charge in [0.25, 0.3) is 0 Å². The number of rotatable bonds is 7. The molecule has 2 aromatic carbocycles. The molecule has 1 saturated heterocycles. The van der Waals surface area contributed by atoms with Crippen LogP contribution in [0.3, 0.4) is 0 Å². The molecule has 13 nitrogen and oxygen atoms in total. The standard InChI is InChI=1S/C28H25N9O4/c1-17-11-18(5-8-23(17)41-26-13-24-35-32-16-36(24)15-31-26)34-27-21-12-19(4-7-22(21)29-14-30-27)33-25(38)9-6-20-3-2-10-37(20)28(39)40/h4-9,11-16,20H,2-3,10H2,1H3,(H,33,38)(H,39,40)(H,29,30,34)/b9-6+/t20-/m1/s1. The summed E-state index contributed by atoms with van der Waals surface area (Å²) in [6.45, 7) is 2.40. The number of aromatic nitrogens is 6. The number of hydrogen-bond donors (Lipinski definition) is 3. The number of benzene rings is 2. The van der Waals surface area contributed by atoms with E-state index in [2.05, 4.69) is 35.8 Å². The number of fused-ring (bicyclic) bond motifs is 2. The molecule has 4 heterocycles. The number of carboxylic acid groups (broad SMARTS) is 1. The van der Waals surface area contributed by atoms with Crippen molar-refractivity contribution in [1.29, 1.82) is 0 Å². The molecule has 0 radical (unpaired) electrons. The molecule has 1 fully saturated rings. The zero-order valence-corrected chi connectivity index (χ0v) is 21.9. The number of carbonyl (C=O) groups excluding carboxylic acids is 1. The summed E-state index contributed by atoms with van der Waals surface area (Å²) in [4.78, 5) is 38.3. The molecule has 2 amide bonds. The van der Waals surface area contributed by atoms with Gasteiger partial charge in [0.15, 0.2) is 5.65 Å². The summed E-state index contributed by atoms with van der Waals surface area (Å²) in [6.07, 6.45) is 8.12. The Labute approximate surface area is 233 Å². The predicted octanol–water partition coefficient (Wildman–Crippen LogP) is 4.55. The number of amides is 2. The number of likely N-dealkylation sites (tertiary alicyclic amines) is 1. The highest BCUT2D eigenvalue weighted by Crippen LogP contribution is 2.30. The molecular formula is C28H25N9O4. The minimum absolute atomic E-state index is 0.298. The number of anilines is 3. The van der Waals surface area contributed by atoms with Crippen LogP contribution < -0.4 is 15.4 Å². The molecule has 0 spiro atoms. The zero-order valence-electron chi connectivity index (χ0n) is 21.9. The molecule has 3 N–H and O–H groups in total. The molecule has 1 atom stereocenters. The summed E-state index contributed by atoms with van der Waals surface area (Å²) in [5.74, 6) is 1.26. The lowest BCUT2D eigenvalue weighted by atomic mass is 10.1. The van der Waals surface area contributed by atoms with E-state index < -0.39 is 6.09 Å². The Hall–Kier alpha value is -5.59. The Morgan fingerprint density at radius 1 is 1.07 bits per heavy atom. The highest BCUT2D eigenvalue weighted by molar-refractivity contribution is 6.02. The van der Waals surface area contributed by atoms with Gasteiger partial charge in [-0.3, -0.25) is 9.20 Å². The summed E-state index contributed by atoms with van der Waals surface area (Å²) in [5, 5.41) is 24.0. The molecule has 0 unspecified atom stereocenters. The van der Waals surface area contributed by atoms with E-state index in [1.807, 2.05) is 25.1 Å². The lowest BCUT2D eigenvalue weighted by molar-refractivity contribution is -0.111. The third-order valence-corrected chi connectivity index (χ3v) is 6.73. The van der Waals surface area contributed by atoms with E-state index >= 15 is 0 Å². The van der Waals surface area contributed by atoms with Crippen LogP contribution >= 0.6 is 0 Å². The first kappa shape index (κ1) is 25.7. The van der Waals surface area contributed by atoms with Gasteiger partial charge in [-0.25, -0.2) is 19.7 Å². The molecule has 1 aliphatic heterocycles. The van der Waals surface area contributed by atoms with E-state index in [0.29, 0.717) is 52.7 Å². The highest BCUT2D eigenvalue weighted by Gasteiger charge is 2.26. The van der Waals surface area contributed by atoms with Crippen molar-refractivity contribution in [3.05, 3.63) is 79.2 Å². The van der Waals surface area contributed by atoms with Crippen molar-refractivity contribution in [2.45, 2.75) is 25.8 Å². The first-order valence-electron chi connectivity index (χ1n) is 12.9. The fourth-order valence-corrected chi connectivity index (χ4v) is 4.70. The number of nitrogens with one attached hydrogen (secondary N) is 2. The molecule has 0 aliphatic carbocycles. The fourth-order valence-electron chi connectivity index (χ4n) is 4.70. The fraction of sp³-hybridized carbons (Fsp3) is 0.179. The SMILES string of the molecule is Cc1cc(Nc2ncnc3ccc(NC(=O)/C=C/[C@H]4CCCN4C(=O)O)cc23)ccc1Oc1cc2nncn2cn1. The topological polar surface area (TPSA) is 160 Å². The Morgan fingerprint density at radius 3 is 2.80 bits per heavy atom. The number of nitrogens with zero attached hydrogens (tertiary/aromatic N) is 7. The first-order valence-corrected chi connectivity index (χ1v) is 12.9. The maximum Gasteiger partial charge on any atom is 0.407 e. The lowest BCUT2D eigenvalue weighted by Gasteiger charge is -2.17. The molecule has 6 rings (SSSR count). The van der Waals surface area contributed by atoms with Gasteiger partial charge in [0.05, 0.1) is 11.6 Å². The molecular weight excluding hydrogens is 526 g/mol. The monoisotopic (exact) mass is 551 g/mol. The Balaban J connectivity index is 1.16. The Kier molecular flexibility index (Phi) is 6.81. The second kappa shape index (κ2) is 10.9. The predicted molar refractivity (Wildman–Crippen MR) is 150 cm³/mol. The van der Waals surface area contributed by atoms with Crippen molar-refractivity contribution in [3.63, 3.8) is 0 Å².